The molecule has 9 heteroatoms. The van der Waals surface area contributed by atoms with Gasteiger partial charge in [0, 0.05) is 26.0 Å². The topological polar surface area (TPSA) is 112 Å². The predicted octanol–water partition coefficient (Wildman–Crippen LogP) is 0.184. The molecule has 0 spiro atoms. The van der Waals surface area contributed by atoms with Crippen LogP contribution in [0, 0.1) is 0 Å². The molecule has 0 fully saturated rings. The van der Waals surface area contributed by atoms with Crippen LogP contribution in [0.3, 0.4) is 0 Å². The van der Waals surface area contributed by atoms with Crippen LogP contribution in [0.4, 0.5) is 5.69 Å². The third-order valence-corrected chi connectivity index (χ3v) is 4.09. The van der Waals surface area contributed by atoms with Crippen molar-refractivity contribution in [1.29, 1.82) is 0 Å². The first-order valence-electron chi connectivity index (χ1n) is 6.24. The van der Waals surface area contributed by atoms with Gasteiger partial charge in [-0.25, -0.2) is 8.42 Å². The van der Waals surface area contributed by atoms with Crippen LogP contribution in [0.15, 0.2) is 35.6 Å². The Morgan fingerprint density at radius 1 is 1.38 bits per heavy atom. The van der Waals surface area contributed by atoms with E-state index < -0.39 is 10.0 Å². The minimum Gasteiger partial charge on any atom is -0.383 e. The van der Waals surface area contributed by atoms with Crippen LogP contribution in [0.2, 0.25) is 0 Å². The van der Waals surface area contributed by atoms with Crippen molar-refractivity contribution in [2.45, 2.75) is 18.0 Å². The van der Waals surface area contributed by atoms with Crippen LogP contribution in [0.1, 0.15) is 5.69 Å². The Kier molecular flexibility index (Phi) is 4.89. The van der Waals surface area contributed by atoms with Crippen molar-refractivity contribution < 1.29 is 13.2 Å². The number of nitrogens with two attached hydrogens (primary N) is 1. The van der Waals surface area contributed by atoms with Gasteiger partial charge in [0.1, 0.15) is 4.90 Å². The van der Waals surface area contributed by atoms with Gasteiger partial charge in [0.05, 0.1) is 30.7 Å². The summed E-state index contributed by atoms with van der Waals surface area (Å²) in [5.41, 5.74) is 6.44. The van der Waals surface area contributed by atoms with Crippen molar-refractivity contribution >= 4 is 15.7 Å². The minimum absolute atomic E-state index is 0.0735. The van der Waals surface area contributed by atoms with Crippen LogP contribution < -0.4 is 10.5 Å². The summed E-state index contributed by atoms with van der Waals surface area (Å²) in [5, 5.41) is 4.04. The molecule has 0 amide bonds. The molecule has 0 atom stereocenters. The molecule has 0 aromatic carbocycles. The highest BCUT2D eigenvalue weighted by Gasteiger charge is 2.15. The zero-order valence-corrected chi connectivity index (χ0v) is 12.4. The molecule has 0 aliphatic heterocycles. The Morgan fingerprint density at radius 3 is 2.81 bits per heavy atom. The zero-order chi connectivity index (χ0) is 15.3. The summed E-state index contributed by atoms with van der Waals surface area (Å²) >= 11 is 0. The fourth-order valence-electron chi connectivity index (χ4n) is 1.63. The second-order valence-corrected chi connectivity index (χ2v) is 5.96. The average Bonchev–Trinajstić information content (AvgIpc) is 2.92. The van der Waals surface area contributed by atoms with Crippen molar-refractivity contribution in [2.75, 3.05) is 18.4 Å². The molecule has 2 heterocycles. The summed E-state index contributed by atoms with van der Waals surface area (Å²) in [6.07, 6.45) is 4.31. The van der Waals surface area contributed by atoms with E-state index in [1.165, 1.54) is 18.5 Å². The van der Waals surface area contributed by atoms with Gasteiger partial charge in [0.25, 0.3) is 10.0 Å². The van der Waals surface area contributed by atoms with Crippen molar-refractivity contribution in [3.8, 4) is 0 Å². The van der Waals surface area contributed by atoms with Crippen molar-refractivity contribution in [1.82, 2.24) is 14.8 Å². The molecule has 0 aliphatic carbocycles. The second-order valence-electron chi connectivity index (χ2n) is 4.28. The molecular weight excluding hydrogens is 294 g/mol. The van der Waals surface area contributed by atoms with Gasteiger partial charge in [0.2, 0.25) is 0 Å². The second kappa shape index (κ2) is 6.66. The van der Waals surface area contributed by atoms with E-state index >= 15 is 0 Å². The lowest BCUT2D eigenvalue weighted by Crippen LogP contribution is -2.13. The first kappa shape index (κ1) is 15.4. The highest BCUT2D eigenvalue weighted by atomic mass is 32.2. The summed E-state index contributed by atoms with van der Waals surface area (Å²) in [6, 6.07) is 3.05. The Hall–Kier alpha value is -1.97. The molecule has 0 aliphatic rings. The molecule has 0 saturated heterocycles. The zero-order valence-electron chi connectivity index (χ0n) is 11.6. The van der Waals surface area contributed by atoms with E-state index in [1.54, 1.807) is 24.1 Å². The van der Waals surface area contributed by atoms with Gasteiger partial charge < -0.3 is 10.5 Å². The monoisotopic (exact) mass is 311 g/mol. The van der Waals surface area contributed by atoms with Gasteiger partial charge in [-0.2, -0.15) is 5.10 Å². The number of hydrogen-bond acceptors (Lipinski definition) is 6. The van der Waals surface area contributed by atoms with Crippen LogP contribution in [0.25, 0.3) is 0 Å². The molecule has 0 saturated carbocycles. The maximum atomic E-state index is 12.2. The Bertz CT molecular complexity index is 681. The highest BCUT2D eigenvalue weighted by molar-refractivity contribution is 7.92. The van der Waals surface area contributed by atoms with Crippen molar-refractivity contribution in [3.63, 3.8) is 0 Å². The highest BCUT2D eigenvalue weighted by Crippen LogP contribution is 2.14. The fourth-order valence-corrected chi connectivity index (χ4v) is 2.60. The summed E-state index contributed by atoms with van der Waals surface area (Å²) in [4.78, 5) is 4.04. The first-order chi connectivity index (χ1) is 10.0. The van der Waals surface area contributed by atoms with E-state index in [-0.39, 0.29) is 11.4 Å². The summed E-state index contributed by atoms with van der Waals surface area (Å²) in [7, 11) is -2.09. The van der Waals surface area contributed by atoms with Gasteiger partial charge in [0.15, 0.2) is 0 Å². The molecule has 2 aromatic rings. The Balaban J connectivity index is 2.10. The number of ether oxygens (including phenoxy) is 1. The number of pyridine rings is 1. The van der Waals surface area contributed by atoms with E-state index in [4.69, 9.17) is 10.5 Å². The van der Waals surface area contributed by atoms with Crippen molar-refractivity contribution in [3.05, 3.63) is 36.4 Å². The van der Waals surface area contributed by atoms with E-state index in [1.807, 2.05) is 0 Å². The maximum Gasteiger partial charge on any atom is 0.263 e. The minimum atomic E-state index is -3.68. The third-order valence-electron chi connectivity index (χ3n) is 2.73. The summed E-state index contributed by atoms with van der Waals surface area (Å²) in [6.45, 7) is 1.31. The number of methoxy groups -OCH3 is 1. The molecule has 0 radical (unpaired) electrons. The lowest BCUT2D eigenvalue weighted by atomic mass is 10.4. The molecule has 0 bridgehead atoms. The molecule has 8 nitrogen and oxygen atoms in total. The quantitative estimate of drug-likeness (QED) is 0.754. The third kappa shape index (κ3) is 4.00. The molecule has 2 aromatic heterocycles. The number of hydrogen-bond donors (Lipinski definition) is 2. The van der Waals surface area contributed by atoms with Gasteiger partial charge in [-0.15, -0.1) is 0 Å². The van der Waals surface area contributed by atoms with Crippen LogP contribution in [-0.4, -0.2) is 36.9 Å². The SMILES string of the molecule is COCCn1cc(NS(=O)(=O)c2ccc(CN)nc2)cn1. The summed E-state index contributed by atoms with van der Waals surface area (Å²) in [5.74, 6) is 0. The lowest BCUT2D eigenvalue weighted by Gasteiger charge is -2.06. The van der Waals surface area contributed by atoms with Crippen molar-refractivity contribution in [2.24, 2.45) is 5.73 Å². The normalized spacial score (nSPS) is 11.5. The number of aromatic nitrogens is 3. The number of sulfonamides is 1. The smallest absolute Gasteiger partial charge is 0.263 e. The molecule has 3 N–H and O–H groups in total. The Morgan fingerprint density at radius 2 is 2.19 bits per heavy atom. The number of nitrogens with zero attached hydrogens (tertiary/aromatic N) is 3. The molecule has 2 rings (SSSR count). The largest absolute Gasteiger partial charge is 0.383 e. The van der Waals surface area contributed by atoms with Gasteiger partial charge in [-0.05, 0) is 12.1 Å². The lowest BCUT2D eigenvalue weighted by molar-refractivity contribution is 0.183. The number of rotatable bonds is 7. The predicted molar refractivity (Wildman–Crippen MR) is 77.0 cm³/mol. The molecule has 114 valence electrons. The van der Waals surface area contributed by atoms with Crippen LogP contribution >= 0.6 is 0 Å². The van der Waals surface area contributed by atoms with E-state index in [2.05, 4.69) is 14.8 Å². The standard InChI is InChI=1S/C12H17N5O3S/c1-20-5-4-17-9-11(7-15-17)16-21(18,19)12-3-2-10(6-13)14-8-12/h2-3,7-9,16H,4-6,13H2,1H3. The molecule has 0 unspecified atom stereocenters. The van der Waals surface area contributed by atoms with Gasteiger partial charge in [-0.1, -0.05) is 0 Å². The first-order valence-corrected chi connectivity index (χ1v) is 7.72. The van der Waals surface area contributed by atoms with Gasteiger partial charge >= 0.3 is 0 Å². The number of nitrogens with one attached hydrogen (secondary N) is 1. The van der Waals surface area contributed by atoms with Crippen LogP contribution in [0.5, 0.6) is 0 Å². The maximum absolute atomic E-state index is 12.2. The molecule has 21 heavy (non-hydrogen) atoms. The fraction of sp³-hybridized carbons (Fsp3) is 0.333. The van der Waals surface area contributed by atoms with E-state index in [0.717, 1.165) is 0 Å². The van der Waals surface area contributed by atoms with Gasteiger partial charge in [-0.3, -0.25) is 14.4 Å². The average molecular weight is 311 g/mol. The summed E-state index contributed by atoms with van der Waals surface area (Å²) < 4.78 is 33.3. The van der Waals surface area contributed by atoms with E-state index in [0.29, 0.717) is 24.5 Å². The Labute approximate surface area is 123 Å². The van der Waals surface area contributed by atoms with E-state index in [9.17, 15) is 8.42 Å². The van der Waals surface area contributed by atoms with Crippen LogP contribution in [-0.2, 0) is 27.8 Å². The number of anilines is 1. The molecular formula is C12H17N5O3S.